The van der Waals surface area contributed by atoms with Gasteiger partial charge in [-0.05, 0) is 32.2 Å². The van der Waals surface area contributed by atoms with E-state index in [1.165, 1.54) is 0 Å². The van der Waals surface area contributed by atoms with Crippen LogP contribution in [0.15, 0.2) is 0 Å². The van der Waals surface area contributed by atoms with Crippen LogP contribution < -0.4 is 0 Å². The normalized spacial score (nSPS) is 26.0. The maximum Gasteiger partial charge on any atom is 0.304 e. The van der Waals surface area contributed by atoms with Crippen molar-refractivity contribution in [2.45, 2.75) is 32.3 Å². The minimum absolute atomic E-state index is 0.201. The zero-order valence-electron chi connectivity index (χ0n) is 8.65. The Balaban J connectivity index is 2.29. The van der Waals surface area contributed by atoms with Crippen LogP contribution in [0.1, 0.15) is 26.2 Å². The van der Waals surface area contributed by atoms with Gasteiger partial charge in [-0.15, -0.1) is 0 Å². The first kappa shape index (κ1) is 11.5. The third-order valence-corrected chi connectivity index (χ3v) is 2.87. The number of aliphatic hydroxyl groups excluding tert-OH is 1. The van der Waals surface area contributed by atoms with Crippen molar-refractivity contribution >= 4 is 5.97 Å². The van der Waals surface area contributed by atoms with E-state index in [1.807, 2.05) is 6.92 Å². The van der Waals surface area contributed by atoms with Crippen LogP contribution in [0.3, 0.4) is 0 Å². The molecule has 0 unspecified atom stereocenters. The summed E-state index contributed by atoms with van der Waals surface area (Å²) in [7, 11) is 0. The number of likely N-dealkylation sites (tertiary alicyclic amines) is 1. The Morgan fingerprint density at radius 1 is 1.64 bits per heavy atom. The van der Waals surface area contributed by atoms with Gasteiger partial charge < -0.3 is 15.1 Å². The summed E-state index contributed by atoms with van der Waals surface area (Å²) in [6.07, 6.45) is 2.05. The molecule has 2 N–H and O–H groups in total. The maximum absolute atomic E-state index is 10.4. The average molecular weight is 201 g/mol. The monoisotopic (exact) mass is 201 g/mol. The van der Waals surface area contributed by atoms with E-state index in [-0.39, 0.29) is 12.5 Å². The Morgan fingerprint density at radius 2 is 2.36 bits per heavy atom. The molecule has 1 rings (SSSR count). The molecular formula is C10H19NO3. The van der Waals surface area contributed by atoms with Gasteiger partial charge in [0, 0.05) is 13.1 Å². The Kier molecular flexibility index (Phi) is 4.35. The summed E-state index contributed by atoms with van der Waals surface area (Å²) in [6, 6.07) is 0. The Labute approximate surface area is 84.5 Å². The largest absolute Gasteiger partial charge is 0.481 e. The topological polar surface area (TPSA) is 60.8 Å². The number of hydrogen-bond donors (Lipinski definition) is 2. The third kappa shape index (κ3) is 3.64. The van der Waals surface area contributed by atoms with Crippen LogP contribution in [0, 0.1) is 5.92 Å². The van der Waals surface area contributed by atoms with Gasteiger partial charge in [0.15, 0.2) is 0 Å². The summed E-state index contributed by atoms with van der Waals surface area (Å²) in [4.78, 5) is 12.5. The lowest BCUT2D eigenvalue weighted by atomic mass is 9.93. The molecular weight excluding hydrogens is 182 g/mol. The highest BCUT2D eigenvalue weighted by Gasteiger charge is 2.23. The summed E-state index contributed by atoms with van der Waals surface area (Å²) in [5.41, 5.74) is 0. The van der Waals surface area contributed by atoms with Crippen molar-refractivity contribution in [2.24, 2.45) is 5.92 Å². The second kappa shape index (κ2) is 5.32. The lowest BCUT2D eigenvalue weighted by molar-refractivity contribution is -0.137. The van der Waals surface area contributed by atoms with Gasteiger partial charge in [0.25, 0.3) is 0 Å². The Bertz CT molecular complexity index is 194. The van der Waals surface area contributed by atoms with Crippen molar-refractivity contribution in [1.82, 2.24) is 4.90 Å². The number of rotatable bonds is 4. The molecule has 0 aromatic carbocycles. The molecule has 0 amide bonds. The summed E-state index contributed by atoms with van der Waals surface area (Å²) in [5, 5.41) is 18.0. The number of nitrogens with zero attached hydrogens (tertiary/aromatic N) is 1. The minimum Gasteiger partial charge on any atom is -0.481 e. The number of aliphatic hydroxyl groups is 1. The smallest absolute Gasteiger partial charge is 0.304 e. The van der Waals surface area contributed by atoms with Gasteiger partial charge in [0.05, 0.1) is 12.5 Å². The van der Waals surface area contributed by atoms with Crippen LogP contribution in [0.25, 0.3) is 0 Å². The molecule has 0 aliphatic carbocycles. The predicted molar refractivity (Wildman–Crippen MR) is 53.1 cm³/mol. The number of piperidine rings is 1. The fourth-order valence-electron chi connectivity index (χ4n) is 1.94. The number of aliphatic carboxylic acids is 1. The van der Waals surface area contributed by atoms with E-state index in [2.05, 4.69) is 4.90 Å². The highest BCUT2D eigenvalue weighted by atomic mass is 16.4. The van der Waals surface area contributed by atoms with Gasteiger partial charge in [0.1, 0.15) is 0 Å². The van der Waals surface area contributed by atoms with Crippen molar-refractivity contribution in [3.63, 3.8) is 0 Å². The molecule has 0 radical (unpaired) electrons. The van der Waals surface area contributed by atoms with Gasteiger partial charge in [-0.3, -0.25) is 4.79 Å². The quantitative estimate of drug-likeness (QED) is 0.697. The minimum atomic E-state index is -0.746. The SMILES string of the molecule is C[C@H](O)[C@@H]1CCCN(CCC(=O)O)C1. The van der Waals surface area contributed by atoms with E-state index < -0.39 is 5.97 Å². The molecule has 0 spiro atoms. The molecule has 1 heterocycles. The van der Waals surface area contributed by atoms with Crippen molar-refractivity contribution in [3.8, 4) is 0 Å². The Hall–Kier alpha value is -0.610. The molecule has 0 saturated carbocycles. The lowest BCUT2D eigenvalue weighted by Crippen LogP contribution is -2.40. The maximum atomic E-state index is 10.4. The summed E-state index contributed by atoms with van der Waals surface area (Å²) in [5.74, 6) is -0.429. The van der Waals surface area contributed by atoms with Crippen LogP contribution in [-0.2, 0) is 4.79 Å². The fourth-order valence-corrected chi connectivity index (χ4v) is 1.94. The van der Waals surface area contributed by atoms with Crippen molar-refractivity contribution in [2.75, 3.05) is 19.6 Å². The van der Waals surface area contributed by atoms with Crippen molar-refractivity contribution in [3.05, 3.63) is 0 Å². The molecule has 82 valence electrons. The first-order valence-electron chi connectivity index (χ1n) is 5.22. The number of carboxylic acids is 1. The zero-order chi connectivity index (χ0) is 10.6. The molecule has 4 nitrogen and oxygen atoms in total. The predicted octanol–water partition coefficient (Wildman–Crippen LogP) is 0.554. The van der Waals surface area contributed by atoms with Crippen LogP contribution >= 0.6 is 0 Å². The first-order chi connectivity index (χ1) is 6.59. The van der Waals surface area contributed by atoms with Crippen LogP contribution in [0.4, 0.5) is 0 Å². The van der Waals surface area contributed by atoms with Gasteiger partial charge in [-0.1, -0.05) is 0 Å². The van der Waals surface area contributed by atoms with E-state index in [0.29, 0.717) is 12.5 Å². The zero-order valence-corrected chi connectivity index (χ0v) is 8.65. The van der Waals surface area contributed by atoms with Crippen molar-refractivity contribution in [1.29, 1.82) is 0 Å². The molecule has 2 atom stereocenters. The third-order valence-electron chi connectivity index (χ3n) is 2.87. The highest BCUT2D eigenvalue weighted by Crippen LogP contribution is 2.19. The standard InChI is InChI=1S/C10H19NO3/c1-8(12)9-3-2-5-11(7-9)6-4-10(13)14/h8-9,12H,2-7H2,1H3,(H,13,14)/t8-,9+/m0/s1. The van der Waals surface area contributed by atoms with E-state index in [1.54, 1.807) is 0 Å². The van der Waals surface area contributed by atoms with E-state index in [4.69, 9.17) is 5.11 Å². The van der Waals surface area contributed by atoms with E-state index in [0.717, 1.165) is 25.9 Å². The second-order valence-corrected chi connectivity index (χ2v) is 4.09. The molecule has 1 saturated heterocycles. The molecule has 0 bridgehead atoms. The highest BCUT2D eigenvalue weighted by molar-refractivity contribution is 5.66. The molecule has 4 heteroatoms. The fraction of sp³-hybridized carbons (Fsp3) is 0.900. The van der Waals surface area contributed by atoms with Crippen LogP contribution in [-0.4, -0.2) is 46.8 Å². The summed E-state index contributed by atoms with van der Waals surface area (Å²) >= 11 is 0. The molecule has 1 fully saturated rings. The van der Waals surface area contributed by atoms with Gasteiger partial charge >= 0.3 is 5.97 Å². The van der Waals surface area contributed by atoms with Crippen LogP contribution in [0.2, 0.25) is 0 Å². The summed E-state index contributed by atoms with van der Waals surface area (Å²) < 4.78 is 0. The molecule has 14 heavy (non-hydrogen) atoms. The van der Waals surface area contributed by atoms with Crippen molar-refractivity contribution < 1.29 is 15.0 Å². The Morgan fingerprint density at radius 3 is 2.93 bits per heavy atom. The second-order valence-electron chi connectivity index (χ2n) is 4.09. The number of carboxylic acid groups (broad SMARTS) is 1. The molecule has 1 aliphatic heterocycles. The average Bonchev–Trinajstić information content (AvgIpc) is 2.15. The van der Waals surface area contributed by atoms with E-state index in [9.17, 15) is 9.90 Å². The van der Waals surface area contributed by atoms with Gasteiger partial charge in [0.2, 0.25) is 0 Å². The van der Waals surface area contributed by atoms with Gasteiger partial charge in [-0.2, -0.15) is 0 Å². The van der Waals surface area contributed by atoms with E-state index >= 15 is 0 Å². The lowest BCUT2D eigenvalue weighted by Gasteiger charge is -2.33. The number of carbonyl (C=O) groups is 1. The summed E-state index contributed by atoms with van der Waals surface area (Å²) in [6.45, 7) is 4.23. The van der Waals surface area contributed by atoms with Gasteiger partial charge in [-0.25, -0.2) is 0 Å². The molecule has 0 aromatic heterocycles. The molecule has 0 aromatic rings. The van der Waals surface area contributed by atoms with Crippen LogP contribution in [0.5, 0.6) is 0 Å². The first-order valence-corrected chi connectivity index (χ1v) is 5.22. The number of hydrogen-bond acceptors (Lipinski definition) is 3. The molecule has 1 aliphatic rings.